The number of nitro benzene ring substituents is 1. The van der Waals surface area contributed by atoms with E-state index in [0.29, 0.717) is 5.69 Å². The molecule has 1 saturated heterocycles. The third kappa shape index (κ3) is 3.29. The average molecular weight is 338 g/mol. The zero-order chi connectivity index (χ0) is 17.1. The van der Waals surface area contributed by atoms with Gasteiger partial charge >= 0.3 is 12.3 Å². The fraction of sp³-hybridized carbons (Fsp3) is 0.400. The van der Waals surface area contributed by atoms with Gasteiger partial charge < -0.3 is 9.64 Å². The number of nitrogens with one attached hydrogen (secondary N) is 1. The van der Waals surface area contributed by atoms with Gasteiger partial charge in [-0.1, -0.05) is 0 Å². The molecule has 1 aromatic carbocycles. The lowest BCUT2D eigenvalue weighted by Gasteiger charge is -2.37. The standard InChI is InChI=1S/C15H16F2N4O3/c16-15(17)24-14-7-11(4-5-13(14)21(22)23)20-6-2-1-3-12(20)10-8-18-19-9-10/h4-5,7-9,12,15H,1-3,6H2,(H,18,19). The van der Waals surface area contributed by atoms with Gasteiger partial charge in [-0.3, -0.25) is 15.2 Å². The van der Waals surface area contributed by atoms with Crippen LogP contribution in [0.15, 0.2) is 30.6 Å². The maximum atomic E-state index is 12.6. The molecule has 2 heterocycles. The van der Waals surface area contributed by atoms with Gasteiger partial charge in [-0.05, 0) is 25.3 Å². The number of hydrogen-bond acceptors (Lipinski definition) is 5. The molecule has 24 heavy (non-hydrogen) atoms. The van der Waals surface area contributed by atoms with Crippen molar-refractivity contribution < 1.29 is 18.4 Å². The van der Waals surface area contributed by atoms with Crippen molar-refractivity contribution in [3.8, 4) is 5.75 Å². The van der Waals surface area contributed by atoms with E-state index < -0.39 is 23.0 Å². The van der Waals surface area contributed by atoms with E-state index in [2.05, 4.69) is 14.9 Å². The number of hydrogen-bond donors (Lipinski definition) is 1. The summed E-state index contributed by atoms with van der Waals surface area (Å²) in [5.41, 5.74) is 1.13. The molecule has 0 bridgehead atoms. The monoisotopic (exact) mass is 338 g/mol. The molecule has 0 radical (unpaired) electrons. The van der Waals surface area contributed by atoms with Crippen molar-refractivity contribution in [2.45, 2.75) is 31.9 Å². The highest BCUT2D eigenvalue weighted by atomic mass is 19.3. The summed E-state index contributed by atoms with van der Waals surface area (Å²) in [6, 6.07) is 4.12. The van der Waals surface area contributed by atoms with E-state index in [4.69, 9.17) is 0 Å². The van der Waals surface area contributed by atoms with Crippen molar-refractivity contribution in [3.05, 3.63) is 46.3 Å². The minimum Gasteiger partial charge on any atom is -0.427 e. The fourth-order valence-corrected chi connectivity index (χ4v) is 3.05. The van der Waals surface area contributed by atoms with Crippen molar-refractivity contribution >= 4 is 11.4 Å². The van der Waals surface area contributed by atoms with Crippen LogP contribution in [0.5, 0.6) is 5.75 Å². The smallest absolute Gasteiger partial charge is 0.387 e. The SMILES string of the molecule is O=[N+]([O-])c1ccc(N2CCCCC2c2cn[nH]c2)cc1OC(F)F. The van der Waals surface area contributed by atoms with E-state index in [0.717, 1.165) is 31.4 Å². The molecule has 2 aromatic rings. The Hall–Kier alpha value is -2.71. The van der Waals surface area contributed by atoms with Crippen LogP contribution in [0.4, 0.5) is 20.2 Å². The molecule has 1 unspecified atom stereocenters. The third-order valence-corrected chi connectivity index (χ3v) is 4.09. The van der Waals surface area contributed by atoms with Gasteiger partial charge in [-0.15, -0.1) is 0 Å². The maximum Gasteiger partial charge on any atom is 0.387 e. The summed E-state index contributed by atoms with van der Waals surface area (Å²) >= 11 is 0. The Morgan fingerprint density at radius 3 is 2.92 bits per heavy atom. The quantitative estimate of drug-likeness (QED) is 0.664. The molecule has 1 N–H and O–H groups in total. The van der Waals surface area contributed by atoms with Crippen molar-refractivity contribution in [2.24, 2.45) is 0 Å². The molecule has 1 aromatic heterocycles. The van der Waals surface area contributed by atoms with Crippen molar-refractivity contribution in [2.75, 3.05) is 11.4 Å². The van der Waals surface area contributed by atoms with Gasteiger partial charge in [-0.2, -0.15) is 13.9 Å². The van der Waals surface area contributed by atoms with Crippen LogP contribution in [0.2, 0.25) is 0 Å². The molecule has 3 rings (SSSR count). The molecular weight excluding hydrogens is 322 g/mol. The van der Waals surface area contributed by atoms with Crippen LogP contribution in [0, 0.1) is 10.1 Å². The summed E-state index contributed by atoms with van der Waals surface area (Å²) in [4.78, 5) is 12.3. The Bertz CT molecular complexity index is 709. The summed E-state index contributed by atoms with van der Waals surface area (Å²) in [5.74, 6) is -0.427. The second-order valence-corrected chi connectivity index (χ2v) is 5.52. The predicted molar refractivity (Wildman–Crippen MR) is 82.3 cm³/mol. The summed E-state index contributed by atoms with van der Waals surface area (Å²) in [5, 5.41) is 17.7. The highest BCUT2D eigenvalue weighted by Gasteiger charge is 2.27. The van der Waals surface area contributed by atoms with Gasteiger partial charge in [0.15, 0.2) is 0 Å². The number of ether oxygens (including phenoxy) is 1. The minimum atomic E-state index is -3.12. The first-order chi connectivity index (χ1) is 11.6. The Morgan fingerprint density at radius 1 is 1.42 bits per heavy atom. The number of rotatable bonds is 5. The normalized spacial score (nSPS) is 18.0. The van der Waals surface area contributed by atoms with Crippen molar-refractivity contribution in [1.29, 1.82) is 0 Å². The summed E-state index contributed by atoms with van der Waals surface area (Å²) in [7, 11) is 0. The van der Waals surface area contributed by atoms with E-state index >= 15 is 0 Å². The third-order valence-electron chi connectivity index (χ3n) is 4.09. The zero-order valence-corrected chi connectivity index (χ0v) is 12.7. The van der Waals surface area contributed by atoms with Crippen molar-refractivity contribution in [3.63, 3.8) is 0 Å². The minimum absolute atomic E-state index is 0.0401. The number of benzene rings is 1. The Morgan fingerprint density at radius 2 is 2.25 bits per heavy atom. The van der Waals surface area contributed by atoms with E-state index in [1.54, 1.807) is 18.5 Å². The lowest BCUT2D eigenvalue weighted by atomic mass is 9.96. The van der Waals surface area contributed by atoms with E-state index in [1.807, 2.05) is 4.90 Å². The van der Waals surface area contributed by atoms with Gasteiger partial charge in [0.1, 0.15) is 0 Å². The van der Waals surface area contributed by atoms with Crippen LogP contribution < -0.4 is 9.64 Å². The highest BCUT2D eigenvalue weighted by Crippen LogP contribution is 2.39. The highest BCUT2D eigenvalue weighted by molar-refractivity contribution is 5.60. The molecular formula is C15H16F2N4O3. The Balaban J connectivity index is 1.96. The first kappa shape index (κ1) is 16.2. The van der Waals surface area contributed by atoms with Crippen LogP contribution in [0.1, 0.15) is 30.9 Å². The van der Waals surface area contributed by atoms with E-state index in [1.165, 1.54) is 12.1 Å². The largest absolute Gasteiger partial charge is 0.427 e. The second kappa shape index (κ2) is 6.81. The number of piperidine rings is 1. The van der Waals surface area contributed by atoms with E-state index in [-0.39, 0.29) is 6.04 Å². The molecule has 0 saturated carbocycles. The predicted octanol–water partition coefficient (Wildman–Crippen LogP) is 3.65. The number of nitrogens with zero attached hydrogens (tertiary/aromatic N) is 3. The van der Waals surface area contributed by atoms with Crippen LogP contribution in [-0.4, -0.2) is 28.3 Å². The van der Waals surface area contributed by atoms with Crippen LogP contribution in [0.3, 0.4) is 0 Å². The Kier molecular flexibility index (Phi) is 4.59. The number of aromatic nitrogens is 2. The number of nitro groups is 1. The maximum absolute atomic E-state index is 12.6. The molecule has 0 spiro atoms. The van der Waals surface area contributed by atoms with E-state index in [9.17, 15) is 18.9 Å². The molecule has 0 aliphatic carbocycles. The van der Waals surface area contributed by atoms with Gasteiger partial charge in [-0.25, -0.2) is 0 Å². The number of anilines is 1. The molecule has 1 atom stereocenters. The Labute approximate surface area is 136 Å². The van der Waals surface area contributed by atoms with Crippen LogP contribution >= 0.6 is 0 Å². The molecule has 128 valence electrons. The van der Waals surface area contributed by atoms with Crippen LogP contribution in [-0.2, 0) is 0 Å². The first-order valence-electron chi connectivity index (χ1n) is 7.55. The summed E-state index contributed by atoms with van der Waals surface area (Å²) in [6.07, 6.45) is 6.41. The number of halogens is 2. The van der Waals surface area contributed by atoms with Gasteiger partial charge in [0.05, 0.1) is 17.2 Å². The number of alkyl halides is 2. The first-order valence-corrected chi connectivity index (χ1v) is 7.55. The zero-order valence-electron chi connectivity index (χ0n) is 12.7. The molecule has 0 amide bonds. The molecule has 1 fully saturated rings. The fourth-order valence-electron chi connectivity index (χ4n) is 3.05. The molecule has 1 aliphatic heterocycles. The molecule has 7 nitrogen and oxygen atoms in total. The summed E-state index contributed by atoms with van der Waals surface area (Å²) in [6.45, 7) is -2.40. The van der Waals surface area contributed by atoms with Gasteiger partial charge in [0, 0.05) is 36.1 Å². The molecule has 1 aliphatic rings. The van der Waals surface area contributed by atoms with Crippen LogP contribution in [0.25, 0.3) is 0 Å². The number of H-pyrrole nitrogens is 1. The molecule has 9 heteroatoms. The lowest BCUT2D eigenvalue weighted by Crippen LogP contribution is -2.33. The topological polar surface area (TPSA) is 84.3 Å². The summed E-state index contributed by atoms with van der Waals surface area (Å²) < 4.78 is 29.5. The van der Waals surface area contributed by atoms with Crippen molar-refractivity contribution in [1.82, 2.24) is 10.2 Å². The van der Waals surface area contributed by atoms with Gasteiger partial charge in [0.2, 0.25) is 5.75 Å². The second-order valence-electron chi connectivity index (χ2n) is 5.52. The average Bonchev–Trinajstić information content (AvgIpc) is 3.08. The number of aromatic amines is 1. The lowest BCUT2D eigenvalue weighted by molar-refractivity contribution is -0.386. The van der Waals surface area contributed by atoms with Gasteiger partial charge in [0.25, 0.3) is 0 Å².